The Kier molecular flexibility index (Phi) is 6.68. The van der Waals surface area contributed by atoms with Crippen molar-refractivity contribution in [3.8, 4) is 0 Å². The number of benzene rings is 1. The molecule has 2 heterocycles. The minimum atomic E-state index is 0.338. The van der Waals surface area contributed by atoms with Gasteiger partial charge in [0.1, 0.15) is 0 Å². The molecule has 144 valence electrons. The third-order valence-electron chi connectivity index (χ3n) is 6.10. The Labute approximate surface area is 163 Å². The van der Waals surface area contributed by atoms with Crippen LogP contribution in [0.3, 0.4) is 0 Å². The van der Waals surface area contributed by atoms with Gasteiger partial charge < -0.3 is 4.90 Å². The molecule has 2 aliphatic heterocycles. The zero-order valence-corrected chi connectivity index (χ0v) is 17.5. The maximum Gasteiger partial charge on any atom is 0.223 e. The molecule has 1 aromatic carbocycles. The molecule has 1 unspecified atom stereocenters. The fourth-order valence-electron chi connectivity index (χ4n) is 4.54. The molecule has 2 aliphatic rings. The summed E-state index contributed by atoms with van der Waals surface area (Å²) in [4.78, 5) is 17.1. The van der Waals surface area contributed by atoms with Crippen molar-refractivity contribution in [3.05, 3.63) is 35.4 Å². The number of piperidine rings is 1. The van der Waals surface area contributed by atoms with E-state index >= 15 is 0 Å². The SMILES string of the molecule is CSCCC(=O)N1CCC2(CCCN(Cc3ccc(C(C)C)cc3)C2)C1. The number of nitrogens with zero attached hydrogens (tertiary/aromatic N) is 2. The summed E-state index contributed by atoms with van der Waals surface area (Å²) in [6, 6.07) is 9.15. The molecular weight excluding hydrogens is 340 g/mol. The molecule has 1 amide bonds. The molecule has 2 fully saturated rings. The molecule has 0 aliphatic carbocycles. The van der Waals surface area contributed by atoms with Gasteiger partial charge in [0.2, 0.25) is 5.91 Å². The Hall–Kier alpha value is -1.00. The second-order valence-corrected chi connectivity index (χ2v) is 9.50. The van der Waals surface area contributed by atoms with Crippen LogP contribution >= 0.6 is 11.8 Å². The predicted molar refractivity (Wildman–Crippen MR) is 112 cm³/mol. The van der Waals surface area contributed by atoms with Crippen molar-refractivity contribution in [1.82, 2.24) is 9.80 Å². The lowest BCUT2D eigenvalue weighted by Crippen LogP contribution is -2.45. The van der Waals surface area contributed by atoms with Crippen molar-refractivity contribution in [2.75, 3.05) is 38.2 Å². The van der Waals surface area contributed by atoms with Crippen LogP contribution in [0.5, 0.6) is 0 Å². The highest BCUT2D eigenvalue weighted by Gasteiger charge is 2.42. The van der Waals surface area contributed by atoms with Crippen LogP contribution in [0.25, 0.3) is 0 Å². The van der Waals surface area contributed by atoms with Gasteiger partial charge in [-0.25, -0.2) is 0 Å². The van der Waals surface area contributed by atoms with Gasteiger partial charge in [0, 0.05) is 43.8 Å². The van der Waals surface area contributed by atoms with Crippen molar-refractivity contribution in [1.29, 1.82) is 0 Å². The summed E-state index contributed by atoms with van der Waals surface area (Å²) < 4.78 is 0. The van der Waals surface area contributed by atoms with Crippen molar-refractivity contribution in [3.63, 3.8) is 0 Å². The summed E-state index contributed by atoms with van der Waals surface area (Å²) >= 11 is 1.76. The number of rotatable bonds is 6. The average Bonchev–Trinajstić information content (AvgIpc) is 3.03. The normalized spacial score (nSPS) is 23.9. The lowest BCUT2D eigenvalue weighted by molar-refractivity contribution is -0.130. The number of hydrogen-bond donors (Lipinski definition) is 0. The molecule has 0 saturated carbocycles. The largest absolute Gasteiger partial charge is 0.342 e. The summed E-state index contributed by atoms with van der Waals surface area (Å²) in [7, 11) is 0. The minimum Gasteiger partial charge on any atom is -0.342 e. The minimum absolute atomic E-state index is 0.338. The number of carbonyl (C=O) groups excluding carboxylic acids is 1. The Balaban J connectivity index is 1.56. The van der Waals surface area contributed by atoms with Crippen LogP contribution in [-0.4, -0.2) is 53.9 Å². The fourth-order valence-corrected chi connectivity index (χ4v) is 4.92. The number of carbonyl (C=O) groups is 1. The Bertz CT molecular complexity index is 601. The van der Waals surface area contributed by atoms with Gasteiger partial charge in [-0.3, -0.25) is 9.69 Å². The van der Waals surface area contributed by atoms with E-state index in [1.54, 1.807) is 11.8 Å². The second kappa shape index (κ2) is 8.79. The van der Waals surface area contributed by atoms with E-state index in [4.69, 9.17) is 0 Å². The van der Waals surface area contributed by atoms with Gasteiger partial charge in [-0.05, 0) is 49.1 Å². The predicted octanol–water partition coefficient (Wildman–Crippen LogP) is 4.38. The van der Waals surface area contributed by atoms with E-state index in [1.807, 2.05) is 0 Å². The first-order valence-electron chi connectivity index (χ1n) is 10.1. The number of thioether (sulfide) groups is 1. The topological polar surface area (TPSA) is 23.6 Å². The molecular formula is C22H34N2OS. The molecule has 0 bridgehead atoms. The highest BCUT2D eigenvalue weighted by Crippen LogP contribution is 2.39. The van der Waals surface area contributed by atoms with Gasteiger partial charge >= 0.3 is 0 Å². The monoisotopic (exact) mass is 374 g/mol. The van der Waals surface area contributed by atoms with E-state index in [-0.39, 0.29) is 0 Å². The molecule has 4 heteroatoms. The van der Waals surface area contributed by atoms with Gasteiger partial charge in [-0.15, -0.1) is 0 Å². The Morgan fingerprint density at radius 3 is 2.62 bits per heavy atom. The molecule has 2 saturated heterocycles. The fraction of sp³-hybridized carbons (Fsp3) is 0.682. The third kappa shape index (κ3) is 4.83. The molecule has 3 nitrogen and oxygen atoms in total. The first-order valence-corrected chi connectivity index (χ1v) is 11.5. The zero-order valence-electron chi connectivity index (χ0n) is 16.7. The van der Waals surface area contributed by atoms with E-state index in [1.165, 1.54) is 36.9 Å². The standard InChI is InChI=1S/C22H34N2OS/c1-18(2)20-7-5-19(6-8-20)15-23-12-4-10-22(16-23)11-13-24(17-22)21(25)9-14-26-3/h5-8,18H,4,9-17H2,1-3H3. The van der Waals surface area contributed by atoms with E-state index < -0.39 is 0 Å². The smallest absolute Gasteiger partial charge is 0.223 e. The second-order valence-electron chi connectivity index (χ2n) is 8.52. The van der Waals surface area contributed by atoms with Gasteiger partial charge in [0.15, 0.2) is 0 Å². The summed E-state index contributed by atoms with van der Waals surface area (Å²) in [5, 5.41) is 0. The van der Waals surface area contributed by atoms with E-state index in [9.17, 15) is 4.79 Å². The van der Waals surface area contributed by atoms with Gasteiger partial charge in [-0.1, -0.05) is 38.1 Å². The highest BCUT2D eigenvalue weighted by molar-refractivity contribution is 7.98. The van der Waals surface area contributed by atoms with E-state index in [0.717, 1.165) is 31.9 Å². The van der Waals surface area contributed by atoms with Crippen LogP contribution in [0, 0.1) is 5.41 Å². The van der Waals surface area contributed by atoms with E-state index in [2.05, 4.69) is 54.2 Å². The molecule has 3 rings (SSSR count). The number of likely N-dealkylation sites (tertiary alicyclic amines) is 2. The van der Waals surface area contributed by atoms with Crippen molar-refractivity contribution < 1.29 is 4.79 Å². The van der Waals surface area contributed by atoms with Gasteiger partial charge in [-0.2, -0.15) is 11.8 Å². The van der Waals surface area contributed by atoms with E-state index in [0.29, 0.717) is 23.7 Å². The van der Waals surface area contributed by atoms with Crippen molar-refractivity contribution in [2.24, 2.45) is 5.41 Å². The quantitative estimate of drug-likeness (QED) is 0.738. The average molecular weight is 375 g/mol. The summed E-state index contributed by atoms with van der Waals surface area (Å²) in [6.45, 7) is 9.80. The highest BCUT2D eigenvalue weighted by atomic mass is 32.2. The molecule has 26 heavy (non-hydrogen) atoms. The molecule has 1 aromatic rings. The zero-order chi connectivity index (χ0) is 18.6. The molecule has 0 aromatic heterocycles. The Morgan fingerprint density at radius 1 is 1.15 bits per heavy atom. The molecule has 0 radical (unpaired) electrons. The molecule has 1 atom stereocenters. The van der Waals surface area contributed by atoms with Gasteiger partial charge in [0.05, 0.1) is 0 Å². The van der Waals surface area contributed by atoms with Crippen LogP contribution in [0.2, 0.25) is 0 Å². The summed E-state index contributed by atoms with van der Waals surface area (Å²) in [5.41, 5.74) is 3.17. The van der Waals surface area contributed by atoms with Crippen LogP contribution < -0.4 is 0 Å². The van der Waals surface area contributed by atoms with Crippen LogP contribution in [-0.2, 0) is 11.3 Å². The maximum atomic E-state index is 12.4. The van der Waals surface area contributed by atoms with Crippen molar-refractivity contribution >= 4 is 17.7 Å². The van der Waals surface area contributed by atoms with Crippen LogP contribution in [0.1, 0.15) is 56.6 Å². The maximum absolute atomic E-state index is 12.4. The lowest BCUT2D eigenvalue weighted by Gasteiger charge is -2.40. The first-order chi connectivity index (χ1) is 12.5. The molecule has 1 spiro atoms. The summed E-state index contributed by atoms with van der Waals surface area (Å²) in [6.07, 6.45) is 6.49. The first kappa shape index (κ1) is 19.8. The summed E-state index contributed by atoms with van der Waals surface area (Å²) in [5.74, 6) is 1.90. The van der Waals surface area contributed by atoms with Crippen molar-refractivity contribution in [2.45, 2.75) is 52.0 Å². The van der Waals surface area contributed by atoms with Crippen LogP contribution in [0.15, 0.2) is 24.3 Å². The van der Waals surface area contributed by atoms with Crippen LogP contribution in [0.4, 0.5) is 0 Å². The third-order valence-corrected chi connectivity index (χ3v) is 6.72. The lowest BCUT2D eigenvalue weighted by atomic mass is 9.79. The number of hydrogen-bond acceptors (Lipinski definition) is 3. The Morgan fingerprint density at radius 2 is 1.92 bits per heavy atom. The number of amides is 1. The van der Waals surface area contributed by atoms with Gasteiger partial charge in [0.25, 0.3) is 0 Å². The molecule has 0 N–H and O–H groups in total.